The number of rotatable bonds is 6. The molecule has 1 aromatic heterocycles. The second kappa shape index (κ2) is 5.72. The highest BCUT2D eigenvalue weighted by atomic mass is 16.5. The molecule has 0 aliphatic rings. The van der Waals surface area contributed by atoms with Gasteiger partial charge in [-0.15, -0.1) is 0 Å². The lowest BCUT2D eigenvalue weighted by atomic mass is 10.3. The van der Waals surface area contributed by atoms with Gasteiger partial charge in [0.15, 0.2) is 5.82 Å². The zero-order chi connectivity index (χ0) is 10.4. The molecule has 1 atom stereocenters. The number of aromatic amines is 1. The lowest BCUT2D eigenvalue weighted by molar-refractivity contribution is 0.127. The minimum absolute atomic E-state index is 0.328. The highest BCUT2D eigenvalue weighted by molar-refractivity contribution is 4.87. The summed E-state index contributed by atoms with van der Waals surface area (Å²) in [5.41, 5.74) is 0. The van der Waals surface area contributed by atoms with Crippen LogP contribution in [-0.2, 0) is 11.3 Å². The van der Waals surface area contributed by atoms with Gasteiger partial charge in [-0.2, -0.15) is 5.10 Å². The predicted octanol–water partition coefficient (Wildman–Crippen LogP) is 0.628. The van der Waals surface area contributed by atoms with Gasteiger partial charge >= 0.3 is 0 Å². The number of nitrogens with zero attached hydrogens (tertiary/aromatic N) is 2. The van der Waals surface area contributed by atoms with Crippen LogP contribution in [-0.4, -0.2) is 34.4 Å². The Morgan fingerprint density at radius 3 is 2.93 bits per heavy atom. The van der Waals surface area contributed by atoms with Gasteiger partial charge in [0, 0.05) is 12.6 Å². The van der Waals surface area contributed by atoms with Crippen molar-refractivity contribution in [2.75, 3.05) is 13.2 Å². The van der Waals surface area contributed by atoms with Gasteiger partial charge in [-0.3, -0.25) is 5.10 Å². The molecule has 1 heterocycles. The minimum atomic E-state index is 0.328. The zero-order valence-corrected chi connectivity index (χ0v) is 9.00. The Morgan fingerprint density at radius 1 is 1.57 bits per heavy atom. The Balaban J connectivity index is 2.20. The smallest absolute Gasteiger partial charge is 0.164 e. The Labute approximate surface area is 84.3 Å². The van der Waals surface area contributed by atoms with Crippen LogP contribution >= 0.6 is 0 Å². The molecule has 0 fully saturated rings. The summed E-state index contributed by atoms with van der Waals surface area (Å²) in [4.78, 5) is 4.19. The Kier molecular flexibility index (Phi) is 4.55. The molecule has 0 saturated heterocycles. The van der Waals surface area contributed by atoms with E-state index in [1.54, 1.807) is 0 Å². The van der Waals surface area contributed by atoms with Crippen molar-refractivity contribution in [3.05, 3.63) is 11.6 Å². The number of nitrogens with one attached hydrogen (secondary N) is 2. The average molecular weight is 198 g/mol. The molecule has 0 bridgehead atoms. The van der Waals surface area contributed by atoms with Crippen LogP contribution in [0.3, 0.4) is 0 Å². The fourth-order valence-corrected chi connectivity index (χ4v) is 1.09. The van der Waals surface area contributed by atoms with E-state index in [2.05, 4.69) is 27.4 Å². The molecule has 1 rings (SSSR count). The van der Waals surface area contributed by atoms with Gasteiger partial charge in [-0.25, -0.2) is 4.98 Å². The first-order valence-electron chi connectivity index (χ1n) is 4.91. The maximum absolute atomic E-state index is 5.28. The van der Waals surface area contributed by atoms with Crippen LogP contribution < -0.4 is 5.32 Å². The van der Waals surface area contributed by atoms with Crippen LogP contribution in [0, 0.1) is 6.92 Å². The van der Waals surface area contributed by atoms with Gasteiger partial charge in [0.25, 0.3) is 0 Å². The molecular formula is C9H18N4O. The van der Waals surface area contributed by atoms with Crippen LogP contribution in [0.15, 0.2) is 0 Å². The summed E-state index contributed by atoms with van der Waals surface area (Å²) in [6.07, 6.45) is 0. The third kappa shape index (κ3) is 3.85. The van der Waals surface area contributed by atoms with Crippen molar-refractivity contribution in [2.45, 2.75) is 33.4 Å². The van der Waals surface area contributed by atoms with Crippen molar-refractivity contribution in [1.82, 2.24) is 20.5 Å². The van der Waals surface area contributed by atoms with E-state index in [0.29, 0.717) is 12.6 Å². The zero-order valence-electron chi connectivity index (χ0n) is 9.00. The van der Waals surface area contributed by atoms with Gasteiger partial charge in [0.05, 0.1) is 13.2 Å². The normalized spacial score (nSPS) is 13.1. The van der Waals surface area contributed by atoms with Gasteiger partial charge in [-0.05, 0) is 20.8 Å². The van der Waals surface area contributed by atoms with E-state index in [9.17, 15) is 0 Å². The first-order chi connectivity index (χ1) is 6.72. The summed E-state index contributed by atoms with van der Waals surface area (Å²) < 4.78 is 5.28. The Bertz CT molecular complexity index is 261. The number of ether oxygens (including phenoxy) is 1. The van der Waals surface area contributed by atoms with Crippen molar-refractivity contribution in [3.63, 3.8) is 0 Å². The summed E-state index contributed by atoms with van der Waals surface area (Å²) in [6, 6.07) is 0.328. The van der Waals surface area contributed by atoms with Gasteiger partial charge in [0.2, 0.25) is 0 Å². The molecule has 0 radical (unpaired) electrons. The van der Waals surface area contributed by atoms with E-state index in [1.165, 1.54) is 0 Å². The molecule has 0 aromatic carbocycles. The Morgan fingerprint density at radius 2 is 2.36 bits per heavy atom. The van der Waals surface area contributed by atoms with E-state index >= 15 is 0 Å². The summed E-state index contributed by atoms with van der Waals surface area (Å²) in [6.45, 7) is 8.12. The molecule has 0 spiro atoms. The summed E-state index contributed by atoms with van der Waals surface area (Å²) in [5, 5.41) is 10.1. The quantitative estimate of drug-likeness (QED) is 0.703. The molecule has 0 amide bonds. The molecule has 0 aliphatic heterocycles. The molecule has 14 heavy (non-hydrogen) atoms. The van der Waals surface area contributed by atoms with Crippen LogP contribution in [0.25, 0.3) is 0 Å². The van der Waals surface area contributed by atoms with Crippen molar-refractivity contribution >= 4 is 0 Å². The third-order valence-electron chi connectivity index (χ3n) is 1.82. The molecule has 2 N–H and O–H groups in total. The summed E-state index contributed by atoms with van der Waals surface area (Å²) in [7, 11) is 0. The highest BCUT2D eigenvalue weighted by Gasteiger charge is 2.03. The molecule has 1 aromatic rings. The maximum atomic E-state index is 5.28. The molecule has 5 nitrogen and oxygen atoms in total. The number of hydrogen-bond acceptors (Lipinski definition) is 4. The minimum Gasteiger partial charge on any atom is -0.380 e. The lowest BCUT2D eigenvalue weighted by Crippen LogP contribution is -2.30. The molecule has 0 aliphatic carbocycles. The summed E-state index contributed by atoms with van der Waals surface area (Å²) >= 11 is 0. The fourth-order valence-electron chi connectivity index (χ4n) is 1.09. The van der Waals surface area contributed by atoms with E-state index in [1.807, 2.05) is 13.8 Å². The molecular weight excluding hydrogens is 180 g/mol. The molecule has 5 heteroatoms. The van der Waals surface area contributed by atoms with Crippen LogP contribution in [0.5, 0.6) is 0 Å². The maximum Gasteiger partial charge on any atom is 0.164 e. The van der Waals surface area contributed by atoms with Crippen molar-refractivity contribution in [2.24, 2.45) is 0 Å². The average Bonchev–Trinajstić information content (AvgIpc) is 2.58. The fraction of sp³-hybridized carbons (Fsp3) is 0.778. The number of aromatic nitrogens is 3. The van der Waals surface area contributed by atoms with Crippen LogP contribution in [0.4, 0.5) is 0 Å². The van der Waals surface area contributed by atoms with Gasteiger partial charge in [-0.1, -0.05) is 0 Å². The van der Waals surface area contributed by atoms with Crippen molar-refractivity contribution in [1.29, 1.82) is 0 Å². The van der Waals surface area contributed by atoms with Gasteiger partial charge < -0.3 is 10.1 Å². The first-order valence-corrected chi connectivity index (χ1v) is 4.91. The molecule has 80 valence electrons. The second-order valence-corrected chi connectivity index (χ2v) is 3.28. The highest BCUT2D eigenvalue weighted by Crippen LogP contribution is 1.92. The van der Waals surface area contributed by atoms with E-state index in [0.717, 1.165) is 24.9 Å². The third-order valence-corrected chi connectivity index (χ3v) is 1.82. The van der Waals surface area contributed by atoms with Crippen LogP contribution in [0.2, 0.25) is 0 Å². The predicted molar refractivity (Wildman–Crippen MR) is 53.9 cm³/mol. The summed E-state index contributed by atoms with van der Waals surface area (Å²) in [5.74, 6) is 1.64. The van der Waals surface area contributed by atoms with E-state index in [-0.39, 0.29) is 0 Å². The second-order valence-electron chi connectivity index (χ2n) is 3.28. The molecule has 1 unspecified atom stereocenters. The van der Waals surface area contributed by atoms with E-state index in [4.69, 9.17) is 4.74 Å². The topological polar surface area (TPSA) is 62.8 Å². The number of hydrogen-bond donors (Lipinski definition) is 2. The standard InChI is InChI=1S/C9H18N4O/c1-4-14-6-7(2)10-5-9-11-8(3)12-13-9/h7,10H,4-6H2,1-3H3,(H,11,12,13). The number of H-pyrrole nitrogens is 1. The van der Waals surface area contributed by atoms with Gasteiger partial charge in [0.1, 0.15) is 5.82 Å². The largest absolute Gasteiger partial charge is 0.380 e. The van der Waals surface area contributed by atoms with E-state index < -0.39 is 0 Å². The van der Waals surface area contributed by atoms with Crippen molar-refractivity contribution < 1.29 is 4.74 Å². The SMILES string of the molecule is CCOCC(C)NCc1n[nH]c(C)n1. The number of aryl methyl sites for hydroxylation is 1. The first kappa shape index (κ1) is 11.1. The Hall–Kier alpha value is -0.940. The monoisotopic (exact) mass is 198 g/mol. The molecule has 0 saturated carbocycles. The lowest BCUT2D eigenvalue weighted by Gasteiger charge is -2.11. The van der Waals surface area contributed by atoms with Crippen molar-refractivity contribution in [3.8, 4) is 0 Å². The van der Waals surface area contributed by atoms with Crippen LogP contribution in [0.1, 0.15) is 25.5 Å².